The van der Waals surface area contributed by atoms with Gasteiger partial charge in [0.15, 0.2) is 4.99 Å². The Morgan fingerprint density at radius 1 is 1.42 bits per heavy atom. The molecule has 60 valence electrons. The summed E-state index contributed by atoms with van der Waals surface area (Å²) in [5, 5.41) is 2.52. The highest BCUT2D eigenvalue weighted by Crippen LogP contribution is 2.25. The zero-order chi connectivity index (χ0) is 8.72. The summed E-state index contributed by atoms with van der Waals surface area (Å²) in [7, 11) is 0. The minimum atomic E-state index is -0.444. The van der Waals surface area contributed by atoms with Gasteiger partial charge < -0.3 is 5.32 Å². The molecule has 12 heavy (non-hydrogen) atoms. The van der Waals surface area contributed by atoms with Crippen LogP contribution in [0.15, 0.2) is 18.2 Å². The second kappa shape index (κ2) is 2.35. The third kappa shape index (κ3) is 0.848. The Bertz CT molecular complexity index is 389. The second-order valence-corrected chi connectivity index (χ2v) is 2.85. The molecular formula is C8H4FNOS. The minimum Gasteiger partial charge on any atom is -0.340 e. The van der Waals surface area contributed by atoms with Crippen molar-refractivity contribution in [2.45, 2.75) is 0 Å². The SMILES string of the molecule is O=C1C(=S)Nc2c(F)cccc21. The maximum Gasteiger partial charge on any atom is 0.222 e. The number of benzene rings is 1. The van der Waals surface area contributed by atoms with E-state index in [1.54, 1.807) is 6.07 Å². The lowest BCUT2D eigenvalue weighted by atomic mass is 10.1. The largest absolute Gasteiger partial charge is 0.340 e. The Balaban J connectivity index is 2.68. The van der Waals surface area contributed by atoms with Crippen molar-refractivity contribution in [2.24, 2.45) is 0 Å². The van der Waals surface area contributed by atoms with E-state index in [0.717, 1.165) is 0 Å². The predicted octanol–water partition coefficient (Wildman–Crippen LogP) is 1.76. The highest BCUT2D eigenvalue weighted by Gasteiger charge is 2.26. The number of halogens is 1. The van der Waals surface area contributed by atoms with Gasteiger partial charge in [-0.3, -0.25) is 4.79 Å². The highest BCUT2D eigenvalue weighted by atomic mass is 32.1. The van der Waals surface area contributed by atoms with Gasteiger partial charge in [0.2, 0.25) is 5.78 Å². The number of nitrogens with one attached hydrogen (secondary N) is 1. The molecule has 0 amide bonds. The molecule has 2 rings (SSSR count). The Hall–Kier alpha value is -1.29. The molecule has 1 aromatic carbocycles. The molecular weight excluding hydrogens is 177 g/mol. The molecule has 2 nitrogen and oxygen atoms in total. The number of hydrogen-bond donors (Lipinski definition) is 1. The molecule has 1 aromatic rings. The maximum atomic E-state index is 13.0. The van der Waals surface area contributed by atoms with Crippen molar-refractivity contribution in [1.29, 1.82) is 0 Å². The fraction of sp³-hybridized carbons (Fsp3) is 0. The molecule has 4 heteroatoms. The number of hydrogen-bond acceptors (Lipinski definition) is 2. The van der Waals surface area contributed by atoms with E-state index in [9.17, 15) is 9.18 Å². The molecule has 0 saturated heterocycles. The van der Waals surface area contributed by atoms with E-state index in [4.69, 9.17) is 0 Å². The van der Waals surface area contributed by atoms with Gasteiger partial charge in [-0.25, -0.2) is 4.39 Å². The lowest BCUT2D eigenvalue weighted by Gasteiger charge is -1.96. The molecule has 1 N–H and O–H groups in total. The fourth-order valence-corrected chi connectivity index (χ4v) is 1.35. The van der Waals surface area contributed by atoms with Gasteiger partial charge in [0.05, 0.1) is 11.3 Å². The average Bonchev–Trinajstić information content (AvgIpc) is 2.32. The van der Waals surface area contributed by atoms with Gasteiger partial charge >= 0.3 is 0 Å². The number of carbonyl (C=O) groups excluding carboxylic acids is 1. The van der Waals surface area contributed by atoms with E-state index in [-0.39, 0.29) is 16.5 Å². The number of anilines is 1. The standard InChI is InChI=1S/C8H4FNOS/c9-5-3-1-2-4-6(5)10-8(12)7(4)11/h1-3H,(H,10,11,12). The van der Waals surface area contributed by atoms with Crippen molar-refractivity contribution in [3.05, 3.63) is 29.6 Å². The van der Waals surface area contributed by atoms with E-state index in [1.165, 1.54) is 12.1 Å². The summed E-state index contributed by atoms with van der Waals surface area (Å²) in [6, 6.07) is 4.32. The van der Waals surface area contributed by atoms with Crippen LogP contribution < -0.4 is 5.32 Å². The van der Waals surface area contributed by atoms with Crippen molar-refractivity contribution in [1.82, 2.24) is 0 Å². The van der Waals surface area contributed by atoms with Crippen molar-refractivity contribution in [3.63, 3.8) is 0 Å². The molecule has 1 aliphatic rings. The third-order valence-electron chi connectivity index (χ3n) is 1.70. The number of fused-ring (bicyclic) bond motifs is 1. The summed E-state index contributed by atoms with van der Waals surface area (Å²) in [5.74, 6) is -0.750. The van der Waals surface area contributed by atoms with Crippen LogP contribution in [0.5, 0.6) is 0 Å². The average molecular weight is 181 g/mol. The molecule has 0 atom stereocenters. The van der Waals surface area contributed by atoms with Crippen LogP contribution >= 0.6 is 12.2 Å². The number of carbonyl (C=O) groups is 1. The Morgan fingerprint density at radius 2 is 2.17 bits per heavy atom. The van der Waals surface area contributed by atoms with Crippen LogP contribution in [0, 0.1) is 5.82 Å². The maximum absolute atomic E-state index is 13.0. The van der Waals surface area contributed by atoms with Crippen molar-refractivity contribution < 1.29 is 9.18 Å². The molecule has 0 saturated carbocycles. The van der Waals surface area contributed by atoms with Crippen molar-refractivity contribution >= 4 is 28.7 Å². The number of Topliss-reactive ketones (excluding diaryl/α,β-unsaturated/α-hetero) is 1. The quantitative estimate of drug-likeness (QED) is 0.618. The first-order valence-electron chi connectivity index (χ1n) is 3.34. The lowest BCUT2D eigenvalue weighted by molar-refractivity contribution is 0.107. The minimum absolute atomic E-state index is 0.0649. The summed E-state index contributed by atoms with van der Waals surface area (Å²) in [4.78, 5) is 11.2. The lowest BCUT2D eigenvalue weighted by Crippen LogP contribution is -2.09. The zero-order valence-electron chi connectivity index (χ0n) is 5.93. The summed E-state index contributed by atoms with van der Waals surface area (Å²) >= 11 is 4.68. The Morgan fingerprint density at radius 3 is 2.83 bits per heavy atom. The first-order valence-corrected chi connectivity index (χ1v) is 3.75. The number of ketones is 1. The zero-order valence-corrected chi connectivity index (χ0v) is 6.74. The number of para-hydroxylation sites is 1. The number of thiocarbonyl (C=S) groups is 1. The molecule has 1 aliphatic heterocycles. The van der Waals surface area contributed by atoms with Crippen LogP contribution in [-0.2, 0) is 0 Å². The highest BCUT2D eigenvalue weighted by molar-refractivity contribution is 7.82. The Kier molecular flexibility index (Phi) is 1.44. The molecule has 1 heterocycles. The van der Waals surface area contributed by atoms with Crippen LogP contribution in [0.25, 0.3) is 0 Å². The molecule has 0 fully saturated rings. The Labute approximate surface area is 73.4 Å². The van der Waals surface area contributed by atoms with Crippen LogP contribution in [-0.4, -0.2) is 10.8 Å². The molecule has 0 aliphatic carbocycles. The van der Waals surface area contributed by atoms with E-state index in [0.29, 0.717) is 5.56 Å². The first-order chi connectivity index (χ1) is 5.70. The first kappa shape index (κ1) is 7.36. The van der Waals surface area contributed by atoms with Gasteiger partial charge in [0.25, 0.3) is 0 Å². The molecule has 0 radical (unpaired) electrons. The predicted molar refractivity (Wildman–Crippen MR) is 47.0 cm³/mol. The number of rotatable bonds is 0. The molecule has 0 aromatic heterocycles. The van der Waals surface area contributed by atoms with Gasteiger partial charge in [-0.05, 0) is 12.1 Å². The third-order valence-corrected chi connectivity index (χ3v) is 1.99. The van der Waals surface area contributed by atoms with Crippen LogP contribution in [0.4, 0.5) is 10.1 Å². The fourth-order valence-electron chi connectivity index (χ4n) is 1.13. The van der Waals surface area contributed by atoms with Gasteiger partial charge in [0.1, 0.15) is 5.82 Å². The summed E-state index contributed by atoms with van der Waals surface area (Å²) < 4.78 is 13.0. The smallest absolute Gasteiger partial charge is 0.222 e. The second-order valence-electron chi connectivity index (χ2n) is 2.45. The van der Waals surface area contributed by atoms with Crippen molar-refractivity contribution in [3.8, 4) is 0 Å². The van der Waals surface area contributed by atoms with Gasteiger partial charge in [0, 0.05) is 0 Å². The summed E-state index contributed by atoms with van der Waals surface area (Å²) in [6.45, 7) is 0. The van der Waals surface area contributed by atoms with Crippen molar-refractivity contribution in [2.75, 3.05) is 5.32 Å². The topological polar surface area (TPSA) is 29.1 Å². The summed E-state index contributed by atoms with van der Waals surface area (Å²) in [5.41, 5.74) is 0.521. The molecule has 0 spiro atoms. The van der Waals surface area contributed by atoms with E-state index < -0.39 is 5.82 Å². The van der Waals surface area contributed by atoms with Crippen LogP contribution in [0.3, 0.4) is 0 Å². The summed E-state index contributed by atoms with van der Waals surface area (Å²) in [6.07, 6.45) is 0. The van der Waals surface area contributed by atoms with Gasteiger partial charge in [-0.2, -0.15) is 0 Å². The normalized spacial score (nSPS) is 14.4. The van der Waals surface area contributed by atoms with Gasteiger partial charge in [-0.15, -0.1) is 0 Å². The van der Waals surface area contributed by atoms with E-state index in [1.807, 2.05) is 0 Å². The van der Waals surface area contributed by atoms with Crippen LogP contribution in [0.2, 0.25) is 0 Å². The van der Waals surface area contributed by atoms with Gasteiger partial charge in [-0.1, -0.05) is 18.3 Å². The van der Waals surface area contributed by atoms with Crippen LogP contribution in [0.1, 0.15) is 10.4 Å². The van der Waals surface area contributed by atoms with E-state index in [2.05, 4.69) is 17.5 Å². The monoisotopic (exact) mass is 181 g/mol. The molecule has 0 bridgehead atoms. The molecule has 0 unspecified atom stereocenters. The van der Waals surface area contributed by atoms with E-state index >= 15 is 0 Å².